The lowest BCUT2D eigenvalue weighted by atomic mass is 10.1. The number of nitrogens with zero attached hydrogens (tertiary/aromatic N) is 3. The van der Waals surface area contributed by atoms with Gasteiger partial charge in [0.1, 0.15) is 5.75 Å². The van der Waals surface area contributed by atoms with Crippen LogP contribution in [0.4, 0.5) is 11.4 Å². The summed E-state index contributed by atoms with van der Waals surface area (Å²) < 4.78 is 5.19. The summed E-state index contributed by atoms with van der Waals surface area (Å²) in [4.78, 5) is 10.0. The highest BCUT2D eigenvalue weighted by molar-refractivity contribution is 6.32. The van der Waals surface area contributed by atoms with E-state index in [1.807, 2.05) is 43.4 Å². The Balaban J connectivity index is 1.95. The van der Waals surface area contributed by atoms with Crippen molar-refractivity contribution in [2.45, 2.75) is 6.54 Å². The van der Waals surface area contributed by atoms with Crippen LogP contribution in [0.2, 0.25) is 5.02 Å². The number of rotatable bonds is 4. The van der Waals surface area contributed by atoms with Gasteiger partial charge in [0.15, 0.2) is 5.69 Å². The molecule has 24 heavy (non-hydrogen) atoms. The molecular weight excluding hydrogens is 322 g/mol. The largest absolute Gasteiger partial charge is 0.495 e. The molecule has 1 aromatic heterocycles. The van der Waals surface area contributed by atoms with E-state index in [2.05, 4.69) is 14.7 Å². The number of benzene rings is 2. The van der Waals surface area contributed by atoms with Crippen molar-refractivity contribution in [2.75, 3.05) is 19.1 Å². The van der Waals surface area contributed by atoms with Crippen molar-refractivity contribution in [1.82, 2.24) is 4.98 Å². The minimum Gasteiger partial charge on any atom is -0.495 e. The number of methoxy groups -OCH3 is 1. The minimum atomic E-state index is 0.596. The average molecular weight is 338 g/mol. The Bertz CT molecular complexity index is 934. The first-order valence-electron chi connectivity index (χ1n) is 7.42. The van der Waals surface area contributed by atoms with Crippen LogP contribution in [-0.2, 0) is 6.54 Å². The fraction of sp³-hybridized carbons (Fsp3) is 0.158. The first-order chi connectivity index (χ1) is 11.6. The number of aromatic nitrogens is 1. The Morgan fingerprint density at radius 3 is 2.75 bits per heavy atom. The zero-order chi connectivity index (χ0) is 17.1. The number of fused-ring (bicyclic) bond motifs is 1. The highest BCUT2D eigenvalue weighted by Crippen LogP contribution is 2.30. The molecule has 0 aliphatic heterocycles. The van der Waals surface area contributed by atoms with Gasteiger partial charge in [0.25, 0.3) is 0 Å². The van der Waals surface area contributed by atoms with Gasteiger partial charge in [-0.15, -0.1) is 0 Å². The highest BCUT2D eigenvalue weighted by Gasteiger charge is 2.10. The smallest absolute Gasteiger partial charge is 0.188 e. The maximum absolute atomic E-state index is 7.20. The number of anilines is 1. The van der Waals surface area contributed by atoms with Gasteiger partial charge >= 0.3 is 0 Å². The summed E-state index contributed by atoms with van der Waals surface area (Å²) in [5, 5.41) is 1.56. The Labute approximate surface area is 146 Å². The molecule has 5 heteroatoms. The van der Waals surface area contributed by atoms with Crippen LogP contribution in [0.3, 0.4) is 0 Å². The van der Waals surface area contributed by atoms with Crippen molar-refractivity contribution in [3.05, 3.63) is 70.7 Å². The molecule has 0 aliphatic rings. The molecule has 3 rings (SSSR count). The number of hydrogen-bond acceptors (Lipinski definition) is 3. The summed E-state index contributed by atoms with van der Waals surface area (Å²) in [7, 11) is 3.61. The molecule has 0 bridgehead atoms. The lowest BCUT2D eigenvalue weighted by molar-refractivity contribution is 0.415. The molecule has 120 valence electrons. The molecule has 0 fully saturated rings. The molecule has 0 N–H and O–H groups in total. The van der Waals surface area contributed by atoms with E-state index in [0.717, 1.165) is 22.2 Å². The van der Waals surface area contributed by atoms with Crippen molar-refractivity contribution in [3.63, 3.8) is 0 Å². The molecule has 3 aromatic rings. The molecule has 0 atom stereocenters. The molecule has 0 radical (unpaired) electrons. The van der Waals surface area contributed by atoms with Crippen LogP contribution in [0.5, 0.6) is 5.75 Å². The third kappa shape index (κ3) is 3.12. The molecule has 0 aliphatic carbocycles. The van der Waals surface area contributed by atoms with Gasteiger partial charge in [-0.3, -0.25) is 4.98 Å². The van der Waals surface area contributed by atoms with Gasteiger partial charge in [0.2, 0.25) is 0 Å². The van der Waals surface area contributed by atoms with Gasteiger partial charge in [0, 0.05) is 30.9 Å². The number of pyridine rings is 1. The highest BCUT2D eigenvalue weighted by atomic mass is 35.5. The quantitative estimate of drug-likeness (QED) is 0.621. The zero-order valence-corrected chi connectivity index (χ0v) is 14.2. The van der Waals surface area contributed by atoms with Crippen molar-refractivity contribution < 1.29 is 4.74 Å². The lowest BCUT2D eigenvalue weighted by Crippen LogP contribution is -2.16. The Hall–Kier alpha value is -2.77. The van der Waals surface area contributed by atoms with Gasteiger partial charge < -0.3 is 9.64 Å². The van der Waals surface area contributed by atoms with Crippen molar-refractivity contribution in [2.24, 2.45) is 0 Å². The maximum atomic E-state index is 7.20. The predicted molar refractivity (Wildman–Crippen MR) is 98.1 cm³/mol. The third-order valence-corrected chi connectivity index (χ3v) is 4.17. The van der Waals surface area contributed by atoms with E-state index in [0.29, 0.717) is 23.0 Å². The van der Waals surface area contributed by atoms with Crippen LogP contribution in [0, 0.1) is 6.57 Å². The molecule has 0 amide bonds. The van der Waals surface area contributed by atoms with E-state index < -0.39 is 0 Å². The van der Waals surface area contributed by atoms with Crippen molar-refractivity contribution in [1.29, 1.82) is 0 Å². The summed E-state index contributed by atoms with van der Waals surface area (Å²) in [6.45, 7) is 7.89. The average Bonchev–Trinajstić information content (AvgIpc) is 2.60. The summed E-state index contributed by atoms with van der Waals surface area (Å²) >= 11 is 6.21. The zero-order valence-electron chi connectivity index (χ0n) is 13.5. The summed E-state index contributed by atoms with van der Waals surface area (Å²) in [5.41, 5.74) is 3.59. The Morgan fingerprint density at radius 1 is 1.21 bits per heavy atom. The van der Waals surface area contributed by atoms with Gasteiger partial charge in [-0.25, -0.2) is 4.85 Å². The standard InChI is InChI=1S/C19H16ClN3O/c1-21-14-5-6-17-15(11-14)18(8-9-22-17)23(2)12-13-4-7-19(24-3)16(20)10-13/h4-11H,12H2,2-3H3. The number of halogens is 1. The molecule has 0 spiro atoms. The molecule has 1 heterocycles. The second-order valence-corrected chi connectivity index (χ2v) is 5.88. The van der Waals surface area contributed by atoms with Crippen LogP contribution < -0.4 is 9.64 Å². The summed E-state index contributed by atoms with van der Waals surface area (Å²) in [6.07, 6.45) is 1.78. The normalized spacial score (nSPS) is 10.4. The minimum absolute atomic E-state index is 0.596. The van der Waals surface area contributed by atoms with Crippen molar-refractivity contribution in [3.8, 4) is 5.75 Å². The molecular formula is C19H16ClN3O. The summed E-state index contributed by atoms with van der Waals surface area (Å²) in [5.74, 6) is 0.666. The fourth-order valence-electron chi connectivity index (χ4n) is 2.69. The SMILES string of the molecule is [C-]#[N+]c1ccc2nccc(N(C)Cc3ccc(OC)c(Cl)c3)c2c1. The maximum Gasteiger partial charge on any atom is 0.188 e. The fourth-order valence-corrected chi connectivity index (χ4v) is 2.97. The van der Waals surface area contributed by atoms with Gasteiger partial charge in [0.05, 0.1) is 24.2 Å². The first-order valence-corrected chi connectivity index (χ1v) is 7.80. The first kappa shape index (κ1) is 16.1. The van der Waals surface area contributed by atoms with Crippen LogP contribution in [-0.4, -0.2) is 19.1 Å². The molecule has 2 aromatic carbocycles. The molecule has 0 unspecified atom stereocenters. The summed E-state index contributed by atoms with van der Waals surface area (Å²) in [6, 6.07) is 13.3. The van der Waals surface area contributed by atoms with Gasteiger partial charge in [-0.2, -0.15) is 0 Å². The second kappa shape index (κ2) is 6.77. The number of ether oxygens (including phenoxy) is 1. The van der Waals surface area contributed by atoms with Crippen molar-refractivity contribution >= 4 is 33.9 Å². The van der Waals surface area contributed by atoms with E-state index in [1.165, 1.54) is 0 Å². The second-order valence-electron chi connectivity index (χ2n) is 5.47. The number of hydrogen-bond donors (Lipinski definition) is 0. The van der Waals surface area contributed by atoms with E-state index in [-0.39, 0.29) is 0 Å². The van der Waals surface area contributed by atoms with Crippen LogP contribution >= 0.6 is 11.6 Å². The third-order valence-electron chi connectivity index (χ3n) is 3.88. The monoisotopic (exact) mass is 337 g/mol. The van der Waals surface area contributed by atoms with Gasteiger partial charge in [-0.1, -0.05) is 23.7 Å². The van der Waals surface area contributed by atoms with E-state index in [4.69, 9.17) is 22.9 Å². The Morgan fingerprint density at radius 2 is 2.04 bits per heavy atom. The van der Waals surface area contributed by atoms with E-state index in [9.17, 15) is 0 Å². The molecule has 0 saturated carbocycles. The van der Waals surface area contributed by atoms with Crippen LogP contribution in [0.25, 0.3) is 15.7 Å². The van der Waals surface area contributed by atoms with Gasteiger partial charge in [-0.05, 0) is 35.9 Å². The van der Waals surface area contributed by atoms with Crippen LogP contribution in [0.15, 0.2) is 48.7 Å². The topological polar surface area (TPSA) is 29.7 Å². The van der Waals surface area contributed by atoms with E-state index in [1.54, 1.807) is 19.4 Å². The van der Waals surface area contributed by atoms with Crippen LogP contribution in [0.1, 0.15) is 5.56 Å². The molecule has 0 saturated heterocycles. The lowest BCUT2D eigenvalue weighted by Gasteiger charge is -2.21. The predicted octanol–water partition coefficient (Wildman–Crippen LogP) is 5.08. The molecule has 4 nitrogen and oxygen atoms in total. The van der Waals surface area contributed by atoms with E-state index >= 15 is 0 Å². The Kier molecular flexibility index (Phi) is 4.54.